The molecular weight excluding hydrogens is 575 g/mol. The van der Waals surface area contributed by atoms with Gasteiger partial charge in [0.25, 0.3) is 5.91 Å². The zero-order valence-electron chi connectivity index (χ0n) is 21.4. The first-order valence-corrected chi connectivity index (χ1v) is 14.9. The average Bonchev–Trinajstić information content (AvgIpc) is 3.60. The lowest BCUT2D eigenvalue weighted by atomic mass is 10.1. The minimum Gasteiger partial charge on any atom is -0.481 e. The third-order valence-corrected chi connectivity index (χ3v) is 8.02. The molecule has 0 atom stereocenters. The number of nitrogens with zero attached hydrogens (tertiary/aromatic N) is 2. The highest BCUT2D eigenvalue weighted by molar-refractivity contribution is 7.90. The van der Waals surface area contributed by atoms with E-state index in [0.29, 0.717) is 21.7 Å². The van der Waals surface area contributed by atoms with Crippen LogP contribution in [0.4, 0.5) is 18.9 Å². The number of ether oxygens (including phenoxy) is 1. The van der Waals surface area contributed by atoms with E-state index in [-0.39, 0.29) is 28.6 Å². The molecule has 5 rings (SSSR count). The van der Waals surface area contributed by atoms with E-state index in [9.17, 15) is 26.4 Å². The van der Waals surface area contributed by atoms with Crippen LogP contribution in [0.1, 0.15) is 5.69 Å². The molecule has 0 spiro atoms. The van der Waals surface area contributed by atoms with Crippen LogP contribution in [0.2, 0.25) is 0 Å². The van der Waals surface area contributed by atoms with Gasteiger partial charge in [-0.15, -0.1) is 11.3 Å². The first-order chi connectivity index (χ1) is 19.5. The van der Waals surface area contributed by atoms with Gasteiger partial charge in [-0.3, -0.25) is 4.79 Å². The van der Waals surface area contributed by atoms with Gasteiger partial charge in [0.2, 0.25) is 0 Å². The minimum absolute atomic E-state index is 0.134. The van der Waals surface area contributed by atoms with Crippen molar-refractivity contribution in [2.45, 2.75) is 11.1 Å². The number of nitrogens with one attached hydrogen (secondary N) is 1. The molecule has 0 aliphatic rings. The number of carbonyl (C=O) groups excluding carboxylic acids is 1. The van der Waals surface area contributed by atoms with Gasteiger partial charge in [-0.1, -0.05) is 42.5 Å². The van der Waals surface area contributed by atoms with Gasteiger partial charge in [0.15, 0.2) is 22.1 Å². The average molecular weight is 598 g/mol. The molecule has 12 heteroatoms. The number of para-hydroxylation sites is 3. The second kappa shape index (κ2) is 11.2. The lowest BCUT2D eigenvalue weighted by Crippen LogP contribution is -2.20. The van der Waals surface area contributed by atoms with E-state index in [2.05, 4.69) is 10.4 Å². The topological polar surface area (TPSA) is 90.3 Å². The molecule has 0 aliphatic carbocycles. The molecule has 2 aromatic heterocycles. The molecule has 0 saturated carbocycles. The molecule has 210 valence electrons. The van der Waals surface area contributed by atoms with Gasteiger partial charge in [0.05, 0.1) is 15.5 Å². The smallest absolute Gasteiger partial charge is 0.435 e. The summed E-state index contributed by atoms with van der Waals surface area (Å²) < 4.78 is 72.2. The van der Waals surface area contributed by atoms with Gasteiger partial charge in [-0.25, -0.2) is 13.1 Å². The fourth-order valence-electron chi connectivity index (χ4n) is 4.02. The number of benzene rings is 3. The number of amides is 1. The highest BCUT2D eigenvalue weighted by Crippen LogP contribution is 2.39. The molecule has 0 radical (unpaired) electrons. The van der Waals surface area contributed by atoms with Crippen molar-refractivity contribution in [1.82, 2.24) is 9.78 Å². The number of hydrogen-bond acceptors (Lipinski definition) is 6. The summed E-state index contributed by atoms with van der Waals surface area (Å²) in [5.74, 6) is -0.284. The first-order valence-electron chi connectivity index (χ1n) is 12.1. The highest BCUT2D eigenvalue weighted by atomic mass is 32.2. The SMILES string of the molecule is CS(=O)(=O)c1cccc(-c2csc(-c3cc(C(F)(F)F)nn3-c3ccccc3OCC(=O)Nc3ccccc3)c2)c1. The molecule has 2 heterocycles. The van der Waals surface area contributed by atoms with Crippen molar-refractivity contribution in [3.05, 3.63) is 102 Å². The van der Waals surface area contributed by atoms with Crippen LogP contribution >= 0.6 is 11.3 Å². The predicted octanol–water partition coefficient (Wildman–Crippen LogP) is 6.71. The van der Waals surface area contributed by atoms with Crippen LogP contribution < -0.4 is 10.1 Å². The molecule has 0 saturated heterocycles. The summed E-state index contributed by atoms with van der Waals surface area (Å²) in [7, 11) is -3.45. The Kier molecular flexibility index (Phi) is 7.70. The maximum atomic E-state index is 13.8. The molecule has 41 heavy (non-hydrogen) atoms. The third kappa shape index (κ3) is 6.50. The number of halogens is 3. The van der Waals surface area contributed by atoms with Gasteiger partial charge in [0.1, 0.15) is 11.4 Å². The molecular formula is C29H22F3N3O4S2. The third-order valence-electron chi connectivity index (χ3n) is 5.96. The number of aromatic nitrogens is 2. The van der Waals surface area contributed by atoms with Crippen LogP contribution in [0.3, 0.4) is 0 Å². The van der Waals surface area contributed by atoms with Gasteiger partial charge in [0, 0.05) is 11.9 Å². The van der Waals surface area contributed by atoms with Gasteiger partial charge < -0.3 is 10.1 Å². The maximum absolute atomic E-state index is 13.8. The van der Waals surface area contributed by atoms with E-state index in [1.54, 1.807) is 72.1 Å². The van der Waals surface area contributed by atoms with Crippen molar-refractivity contribution >= 4 is 32.8 Å². The molecule has 0 fully saturated rings. The molecule has 3 aromatic carbocycles. The number of alkyl halides is 3. The first kappa shape index (κ1) is 28.1. The van der Waals surface area contributed by atoms with Crippen LogP contribution in [0.5, 0.6) is 5.75 Å². The fourth-order valence-corrected chi connectivity index (χ4v) is 5.61. The summed E-state index contributed by atoms with van der Waals surface area (Å²) in [6.45, 7) is -0.380. The molecule has 0 unspecified atom stereocenters. The zero-order chi connectivity index (χ0) is 29.2. The van der Waals surface area contributed by atoms with Crippen molar-refractivity contribution in [2.75, 3.05) is 18.2 Å². The summed E-state index contributed by atoms with van der Waals surface area (Å²) in [6, 6.07) is 24.1. The Bertz CT molecular complexity index is 1810. The van der Waals surface area contributed by atoms with E-state index in [1.165, 1.54) is 23.5 Å². The molecule has 1 amide bonds. The number of rotatable bonds is 8. The van der Waals surface area contributed by atoms with Crippen LogP contribution in [0.15, 0.2) is 101 Å². The zero-order valence-corrected chi connectivity index (χ0v) is 23.1. The highest BCUT2D eigenvalue weighted by Gasteiger charge is 2.36. The summed E-state index contributed by atoms with van der Waals surface area (Å²) in [5.41, 5.74) is 1.08. The number of hydrogen-bond donors (Lipinski definition) is 1. The Labute approximate surface area is 237 Å². The second-order valence-corrected chi connectivity index (χ2v) is 11.9. The Morgan fingerprint density at radius 1 is 0.951 bits per heavy atom. The second-order valence-electron chi connectivity index (χ2n) is 8.99. The van der Waals surface area contributed by atoms with Crippen molar-refractivity contribution in [2.24, 2.45) is 0 Å². The minimum atomic E-state index is -4.71. The van der Waals surface area contributed by atoms with E-state index in [0.717, 1.165) is 17.0 Å². The predicted molar refractivity (Wildman–Crippen MR) is 151 cm³/mol. The summed E-state index contributed by atoms with van der Waals surface area (Å²) in [4.78, 5) is 13.0. The van der Waals surface area contributed by atoms with Crippen LogP contribution in [0.25, 0.3) is 27.4 Å². The van der Waals surface area contributed by atoms with E-state index < -0.39 is 27.6 Å². The summed E-state index contributed by atoms with van der Waals surface area (Å²) in [6.07, 6.45) is -3.61. The molecule has 1 N–H and O–H groups in total. The Morgan fingerprint density at radius 3 is 2.41 bits per heavy atom. The van der Waals surface area contributed by atoms with E-state index >= 15 is 0 Å². The van der Waals surface area contributed by atoms with Crippen LogP contribution in [-0.4, -0.2) is 37.0 Å². The largest absolute Gasteiger partial charge is 0.481 e. The lowest BCUT2D eigenvalue weighted by molar-refractivity contribution is -0.141. The number of carbonyl (C=O) groups is 1. The standard InChI is InChI=1S/C29H22F3N3O4S2/c1-41(37,38)22-11-7-8-19(14-22)20-15-26(40-18-20)24-16-27(29(30,31)32)34-35(24)23-12-5-6-13-25(23)39-17-28(36)33-21-9-3-2-4-10-21/h2-16,18H,17H2,1H3,(H,33,36). The van der Waals surface area contributed by atoms with E-state index in [4.69, 9.17) is 4.74 Å². The Hall–Kier alpha value is -4.42. The normalized spacial score (nSPS) is 11.8. The van der Waals surface area contributed by atoms with Gasteiger partial charge >= 0.3 is 6.18 Å². The van der Waals surface area contributed by atoms with Crippen molar-refractivity contribution in [3.63, 3.8) is 0 Å². The Balaban J connectivity index is 1.49. The van der Waals surface area contributed by atoms with E-state index in [1.807, 2.05) is 6.07 Å². The maximum Gasteiger partial charge on any atom is 0.435 e. The number of thiophene rings is 1. The molecule has 5 aromatic rings. The summed E-state index contributed by atoms with van der Waals surface area (Å²) >= 11 is 1.19. The lowest BCUT2D eigenvalue weighted by Gasteiger charge is -2.13. The quantitative estimate of drug-likeness (QED) is 0.215. The summed E-state index contributed by atoms with van der Waals surface area (Å²) in [5, 5.41) is 8.28. The van der Waals surface area contributed by atoms with Crippen molar-refractivity contribution in [1.29, 1.82) is 0 Å². The number of anilines is 1. The number of sulfone groups is 1. The van der Waals surface area contributed by atoms with Gasteiger partial charge in [-0.2, -0.15) is 18.3 Å². The van der Waals surface area contributed by atoms with Crippen molar-refractivity contribution < 1.29 is 31.1 Å². The molecule has 0 bridgehead atoms. The molecule has 0 aliphatic heterocycles. The van der Waals surface area contributed by atoms with Crippen LogP contribution in [-0.2, 0) is 20.8 Å². The monoisotopic (exact) mass is 597 g/mol. The van der Waals surface area contributed by atoms with Gasteiger partial charge in [-0.05, 0) is 65.0 Å². The van der Waals surface area contributed by atoms with Crippen molar-refractivity contribution in [3.8, 4) is 33.1 Å². The Morgan fingerprint density at radius 2 is 1.68 bits per heavy atom. The molecule has 7 nitrogen and oxygen atoms in total. The fraction of sp³-hybridized carbons (Fsp3) is 0.103. The van der Waals surface area contributed by atoms with Crippen LogP contribution in [0, 0.1) is 0 Å².